The van der Waals surface area contributed by atoms with Crippen LogP contribution >= 0.6 is 12.2 Å². The summed E-state index contributed by atoms with van der Waals surface area (Å²) in [5, 5.41) is 1.87. The molecule has 0 aliphatic rings. The summed E-state index contributed by atoms with van der Waals surface area (Å²) >= 11 is 4.21. The molecule has 0 aromatic heterocycles. The topological polar surface area (TPSA) is 21.6 Å². The Morgan fingerprint density at radius 3 is 2.47 bits per heavy atom. The number of thiocarbonyl (C=S) groups is 1. The maximum Gasteiger partial charge on any atom is 0.461 e. The van der Waals surface area contributed by atoms with Crippen molar-refractivity contribution in [1.29, 1.82) is 0 Å². The Morgan fingerprint density at radius 2 is 2.00 bits per heavy atom. The number of hydrogen-bond acceptors (Lipinski definition) is 3. The van der Waals surface area contributed by atoms with Crippen molar-refractivity contribution < 1.29 is 26.7 Å². The minimum absolute atomic E-state index is 0.257. The molecule has 1 rings (SSSR count). The van der Waals surface area contributed by atoms with Gasteiger partial charge in [0.25, 0.3) is 0 Å². The highest BCUT2D eigenvalue weighted by Crippen LogP contribution is 2.30. The van der Waals surface area contributed by atoms with Gasteiger partial charge in [0.2, 0.25) is 0 Å². The molecule has 0 amide bonds. The average Bonchev–Trinajstić information content (AvgIpc) is 2.21. The quantitative estimate of drug-likeness (QED) is 0.471. The number of isothiocyanates is 1. The molecular formula is C9H4F5NOS. The molecule has 0 N–H and O–H groups in total. The number of alkyl halides is 4. The number of aliphatic imine (C=N–C) groups is 1. The fourth-order valence-corrected chi connectivity index (χ4v) is 0.991. The highest BCUT2D eigenvalue weighted by molar-refractivity contribution is 7.78. The van der Waals surface area contributed by atoms with Crippen molar-refractivity contribution in [3.63, 3.8) is 0 Å². The van der Waals surface area contributed by atoms with Crippen LogP contribution in [0, 0.1) is 5.82 Å². The van der Waals surface area contributed by atoms with Gasteiger partial charge in [0.15, 0.2) is 5.82 Å². The van der Waals surface area contributed by atoms with Crippen LogP contribution in [-0.4, -0.2) is 17.7 Å². The van der Waals surface area contributed by atoms with Crippen LogP contribution in [-0.2, 0) is 0 Å². The van der Waals surface area contributed by atoms with Crippen LogP contribution in [0.15, 0.2) is 23.2 Å². The molecule has 0 spiro atoms. The summed E-state index contributed by atoms with van der Waals surface area (Å²) in [4.78, 5) is 3.28. The first-order valence-electron chi connectivity index (χ1n) is 4.09. The molecule has 0 saturated heterocycles. The fourth-order valence-electron chi connectivity index (χ4n) is 0.893. The molecule has 1 aromatic rings. The summed E-state index contributed by atoms with van der Waals surface area (Å²) in [6.45, 7) is 0. The largest absolute Gasteiger partial charge is 0.461 e. The minimum atomic E-state index is -4.68. The molecular weight excluding hydrogens is 265 g/mol. The van der Waals surface area contributed by atoms with E-state index in [0.29, 0.717) is 6.07 Å². The van der Waals surface area contributed by atoms with Gasteiger partial charge in [-0.3, -0.25) is 0 Å². The van der Waals surface area contributed by atoms with Crippen LogP contribution in [0.25, 0.3) is 0 Å². The van der Waals surface area contributed by atoms with Gasteiger partial charge >= 0.3 is 12.5 Å². The van der Waals surface area contributed by atoms with Gasteiger partial charge in [0.05, 0.1) is 5.16 Å². The van der Waals surface area contributed by atoms with Crippen molar-refractivity contribution >= 4 is 23.1 Å². The predicted molar refractivity (Wildman–Crippen MR) is 52.7 cm³/mol. The SMILES string of the molecule is Fc1cc(OC(F)(F)C(F)F)ccc1N=C=S. The molecule has 0 bridgehead atoms. The normalized spacial score (nSPS) is 11.2. The van der Waals surface area contributed by atoms with Gasteiger partial charge in [-0.15, -0.1) is 0 Å². The lowest BCUT2D eigenvalue weighted by Gasteiger charge is -2.16. The van der Waals surface area contributed by atoms with Gasteiger partial charge < -0.3 is 4.74 Å². The monoisotopic (exact) mass is 269 g/mol. The van der Waals surface area contributed by atoms with Crippen molar-refractivity contribution in [2.75, 3.05) is 0 Å². The highest BCUT2D eigenvalue weighted by atomic mass is 32.1. The van der Waals surface area contributed by atoms with E-state index < -0.39 is 24.1 Å². The van der Waals surface area contributed by atoms with Crippen LogP contribution in [0.3, 0.4) is 0 Å². The Bertz CT molecular complexity index is 459. The zero-order chi connectivity index (χ0) is 13.1. The first kappa shape index (κ1) is 13.5. The number of benzene rings is 1. The second-order valence-electron chi connectivity index (χ2n) is 2.78. The standard InChI is InChI=1S/C9H4F5NOS/c10-6-3-5(1-2-7(6)15-4-17)16-9(13,14)8(11)12/h1-3,8H. The van der Waals surface area contributed by atoms with Crippen molar-refractivity contribution in [3.05, 3.63) is 24.0 Å². The third-order valence-electron chi connectivity index (χ3n) is 1.59. The molecule has 0 saturated carbocycles. The molecule has 0 atom stereocenters. The Hall–Kier alpha value is -1.53. The van der Waals surface area contributed by atoms with E-state index >= 15 is 0 Å². The van der Waals surface area contributed by atoms with Gasteiger partial charge in [-0.1, -0.05) is 0 Å². The van der Waals surface area contributed by atoms with Crippen molar-refractivity contribution in [1.82, 2.24) is 0 Å². The minimum Gasteiger partial charge on any atom is -0.428 e. The molecule has 17 heavy (non-hydrogen) atoms. The molecule has 0 fully saturated rings. The van der Waals surface area contributed by atoms with Crippen LogP contribution < -0.4 is 4.74 Å². The molecule has 0 heterocycles. The Kier molecular flexibility index (Phi) is 4.14. The van der Waals surface area contributed by atoms with E-state index in [2.05, 4.69) is 21.9 Å². The van der Waals surface area contributed by atoms with Crippen LogP contribution in [0.5, 0.6) is 5.75 Å². The van der Waals surface area contributed by atoms with Crippen molar-refractivity contribution in [2.24, 2.45) is 4.99 Å². The lowest BCUT2D eigenvalue weighted by Crippen LogP contribution is -2.33. The Morgan fingerprint density at radius 1 is 1.35 bits per heavy atom. The Balaban J connectivity index is 2.95. The zero-order valence-electron chi connectivity index (χ0n) is 7.96. The van der Waals surface area contributed by atoms with Crippen LogP contribution in [0.2, 0.25) is 0 Å². The third-order valence-corrected chi connectivity index (χ3v) is 1.68. The van der Waals surface area contributed by atoms with E-state index in [-0.39, 0.29) is 5.69 Å². The van der Waals surface area contributed by atoms with Gasteiger partial charge in [-0.2, -0.15) is 22.6 Å². The number of ether oxygens (including phenoxy) is 1. The first-order valence-corrected chi connectivity index (χ1v) is 4.50. The summed E-state index contributed by atoms with van der Waals surface area (Å²) in [6.07, 6.45) is -8.69. The summed E-state index contributed by atoms with van der Waals surface area (Å²) in [5.41, 5.74) is -0.257. The summed E-state index contributed by atoms with van der Waals surface area (Å²) < 4.78 is 65.3. The molecule has 92 valence electrons. The van der Waals surface area contributed by atoms with Gasteiger partial charge in [0, 0.05) is 6.07 Å². The molecule has 8 heteroatoms. The van der Waals surface area contributed by atoms with Gasteiger partial charge in [-0.25, -0.2) is 4.39 Å². The zero-order valence-corrected chi connectivity index (χ0v) is 8.78. The van der Waals surface area contributed by atoms with E-state index in [1.165, 1.54) is 0 Å². The summed E-state index contributed by atoms with van der Waals surface area (Å²) in [5.74, 6) is -1.78. The maximum absolute atomic E-state index is 13.1. The first-order chi connectivity index (χ1) is 7.86. The van der Waals surface area contributed by atoms with Gasteiger partial charge in [0.1, 0.15) is 11.4 Å². The van der Waals surface area contributed by atoms with E-state index in [1.54, 1.807) is 0 Å². The smallest absolute Gasteiger partial charge is 0.428 e. The van der Waals surface area contributed by atoms with E-state index in [4.69, 9.17) is 0 Å². The number of halogens is 5. The fraction of sp³-hybridized carbons (Fsp3) is 0.222. The molecule has 0 radical (unpaired) electrons. The van der Waals surface area contributed by atoms with E-state index in [1.807, 2.05) is 5.16 Å². The second-order valence-corrected chi connectivity index (χ2v) is 2.96. The van der Waals surface area contributed by atoms with Crippen LogP contribution in [0.1, 0.15) is 0 Å². The lowest BCUT2D eigenvalue weighted by atomic mass is 10.3. The number of nitrogens with zero attached hydrogens (tertiary/aromatic N) is 1. The average molecular weight is 269 g/mol. The van der Waals surface area contributed by atoms with Crippen molar-refractivity contribution in [3.8, 4) is 5.75 Å². The maximum atomic E-state index is 13.1. The lowest BCUT2D eigenvalue weighted by molar-refractivity contribution is -0.253. The number of hydrogen-bond donors (Lipinski definition) is 0. The third kappa shape index (κ3) is 3.47. The molecule has 1 aromatic carbocycles. The summed E-state index contributed by atoms with van der Waals surface area (Å²) in [6, 6.07) is 2.32. The molecule has 2 nitrogen and oxygen atoms in total. The molecule has 0 aliphatic carbocycles. The summed E-state index contributed by atoms with van der Waals surface area (Å²) in [7, 11) is 0. The predicted octanol–water partition coefficient (Wildman–Crippen LogP) is 3.80. The highest BCUT2D eigenvalue weighted by Gasteiger charge is 2.44. The van der Waals surface area contributed by atoms with Crippen LogP contribution in [0.4, 0.5) is 27.6 Å². The second kappa shape index (κ2) is 5.20. The van der Waals surface area contributed by atoms with E-state index in [9.17, 15) is 22.0 Å². The van der Waals surface area contributed by atoms with Gasteiger partial charge in [-0.05, 0) is 24.4 Å². The molecule has 0 unspecified atom stereocenters. The van der Waals surface area contributed by atoms with E-state index in [0.717, 1.165) is 12.1 Å². The van der Waals surface area contributed by atoms with Crippen molar-refractivity contribution in [2.45, 2.75) is 12.5 Å². The molecule has 0 aliphatic heterocycles. The Labute approximate surface area is 97.7 Å². The number of rotatable bonds is 4.